The summed E-state index contributed by atoms with van der Waals surface area (Å²) in [6.45, 7) is 3.03. The van der Waals surface area contributed by atoms with Crippen molar-refractivity contribution < 1.29 is 18.8 Å². The van der Waals surface area contributed by atoms with Crippen LogP contribution >= 0.6 is 0 Å². The molecule has 0 unspecified atom stereocenters. The van der Waals surface area contributed by atoms with Gasteiger partial charge in [-0.15, -0.1) is 0 Å². The van der Waals surface area contributed by atoms with Gasteiger partial charge in [-0.25, -0.2) is 0 Å². The van der Waals surface area contributed by atoms with Crippen LogP contribution in [0.5, 0.6) is 5.75 Å². The van der Waals surface area contributed by atoms with Gasteiger partial charge in [-0.1, -0.05) is 5.16 Å². The van der Waals surface area contributed by atoms with Crippen LogP contribution < -0.4 is 10.1 Å². The van der Waals surface area contributed by atoms with Crippen molar-refractivity contribution in [3.8, 4) is 17.1 Å². The molecule has 6 nitrogen and oxygen atoms in total. The predicted molar refractivity (Wildman–Crippen MR) is 84.5 cm³/mol. The lowest BCUT2D eigenvalue weighted by molar-refractivity contribution is 0.0857. The maximum Gasteiger partial charge on any atom is 0.257 e. The predicted octanol–water partition coefficient (Wildman–Crippen LogP) is 2.57. The van der Waals surface area contributed by atoms with Crippen molar-refractivity contribution in [2.75, 3.05) is 20.3 Å². The van der Waals surface area contributed by atoms with E-state index in [-0.39, 0.29) is 12.0 Å². The molecule has 1 saturated heterocycles. The lowest BCUT2D eigenvalue weighted by Crippen LogP contribution is -2.32. The van der Waals surface area contributed by atoms with Crippen molar-refractivity contribution in [3.05, 3.63) is 35.5 Å². The third kappa shape index (κ3) is 3.37. The Labute approximate surface area is 134 Å². The highest BCUT2D eigenvalue weighted by molar-refractivity contribution is 6.00. The molecule has 23 heavy (non-hydrogen) atoms. The van der Waals surface area contributed by atoms with Crippen LogP contribution in [0.15, 0.2) is 28.8 Å². The number of aryl methyl sites for hydroxylation is 1. The lowest BCUT2D eigenvalue weighted by Gasteiger charge is -2.11. The minimum Gasteiger partial charge on any atom is -0.497 e. The number of methoxy groups -OCH3 is 1. The van der Waals surface area contributed by atoms with Crippen LogP contribution in [0.2, 0.25) is 0 Å². The van der Waals surface area contributed by atoms with Gasteiger partial charge in [0.2, 0.25) is 0 Å². The van der Waals surface area contributed by atoms with Crippen molar-refractivity contribution in [2.45, 2.75) is 25.9 Å². The molecule has 1 fully saturated rings. The maximum atomic E-state index is 12.5. The number of hydrogen-bond acceptors (Lipinski definition) is 5. The van der Waals surface area contributed by atoms with Gasteiger partial charge in [0.25, 0.3) is 5.91 Å². The van der Waals surface area contributed by atoms with Crippen LogP contribution in [0.1, 0.15) is 28.9 Å². The molecule has 0 aliphatic carbocycles. The van der Waals surface area contributed by atoms with Crippen LogP contribution in [-0.2, 0) is 4.74 Å². The number of nitrogens with zero attached hydrogens (tertiary/aromatic N) is 1. The smallest absolute Gasteiger partial charge is 0.257 e. The fourth-order valence-electron chi connectivity index (χ4n) is 2.68. The minimum atomic E-state index is -0.190. The molecule has 122 valence electrons. The zero-order valence-electron chi connectivity index (χ0n) is 13.3. The number of benzene rings is 1. The van der Waals surface area contributed by atoms with E-state index in [9.17, 15) is 4.79 Å². The number of hydrogen-bond donors (Lipinski definition) is 1. The Morgan fingerprint density at radius 1 is 1.39 bits per heavy atom. The summed E-state index contributed by atoms with van der Waals surface area (Å²) in [5, 5.41) is 6.85. The van der Waals surface area contributed by atoms with E-state index in [2.05, 4.69) is 10.5 Å². The highest BCUT2D eigenvalue weighted by Gasteiger charge is 2.23. The summed E-state index contributed by atoms with van der Waals surface area (Å²) in [5.41, 5.74) is 1.82. The number of amides is 1. The Hall–Kier alpha value is -2.34. The molecule has 1 aromatic carbocycles. The third-order valence-electron chi connectivity index (χ3n) is 3.96. The molecule has 2 aromatic rings. The van der Waals surface area contributed by atoms with Crippen molar-refractivity contribution in [2.24, 2.45) is 0 Å². The number of aromatic nitrogens is 1. The van der Waals surface area contributed by atoms with E-state index in [1.165, 1.54) is 0 Å². The number of rotatable bonds is 5. The molecule has 1 aromatic heterocycles. The van der Waals surface area contributed by atoms with Gasteiger partial charge in [0, 0.05) is 18.7 Å². The summed E-state index contributed by atoms with van der Waals surface area (Å²) < 4.78 is 16.0. The van der Waals surface area contributed by atoms with Crippen LogP contribution in [-0.4, -0.2) is 37.4 Å². The Morgan fingerprint density at radius 3 is 2.83 bits per heavy atom. The van der Waals surface area contributed by atoms with E-state index in [0.717, 1.165) is 30.8 Å². The number of carbonyl (C=O) groups excluding carboxylic acids is 1. The molecule has 1 aliphatic rings. The Bertz CT molecular complexity index is 672. The molecule has 0 saturated carbocycles. The van der Waals surface area contributed by atoms with Crippen molar-refractivity contribution in [1.29, 1.82) is 0 Å². The summed E-state index contributed by atoms with van der Waals surface area (Å²) in [5.74, 6) is 1.02. The molecule has 6 heteroatoms. The molecule has 0 bridgehead atoms. The first-order valence-electron chi connectivity index (χ1n) is 7.69. The van der Waals surface area contributed by atoms with E-state index in [1.807, 2.05) is 24.3 Å². The normalized spacial score (nSPS) is 17.2. The number of ether oxygens (including phenoxy) is 2. The van der Waals surface area contributed by atoms with E-state index in [0.29, 0.717) is 23.6 Å². The van der Waals surface area contributed by atoms with Crippen LogP contribution in [0, 0.1) is 6.92 Å². The van der Waals surface area contributed by atoms with Gasteiger partial charge in [0.1, 0.15) is 11.3 Å². The second-order valence-corrected chi connectivity index (χ2v) is 5.55. The van der Waals surface area contributed by atoms with Crippen molar-refractivity contribution in [1.82, 2.24) is 10.5 Å². The summed E-state index contributed by atoms with van der Waals surface area (Å²) >= 11 is 0. The lowest BCUT2D eigenvalue weighted by atomic mass is 10.1. The first kappa shape index (κ1) is 15.6. The fourth-order valence-corrected chi connectivity index (χ4v) is 2.68. The highest BCUT2D eigenvalue weighted by atomic mass is 16.5. The summed E-state index contributed by atoms with van der Waals surface area (Å²) in [6, 6.07) is 7.33. The average Bonchev–Trinajstić information content (AvgIpc) is 3.22. The molecular weight excluding hydrogens is 296 g/mol. The topological polar surface area (TPSA) is 73.6 Å². The Kier molecular flexibility index (Phi) is 4.62. The molecule has 1 amide bonds. The van der Waals surface area contributed by atoms with Gasteiger partial charge >= 0.3 is 0 Å². The summed E-state index contributed by atoms with van der Waals surface area (Å²) in [6.07, 6.45) is 2.13. The second-order valence-electron chi connectivity index (χ2n) is 5.55. The van der Waals surface area contributed by atoms with E-state index < -0.39 is 0 Å². The second kappa shape index (κ2) is 6.83. The summed E-state index contributed by atoms with van der Waals surface area (Å²) in [7, 11) is 1.61. The SMILES string of the molecule is COc1ccc(-c2onc(C)c2C(=O)NC[C@@H]2CCCO2)cc1. The average molecular weight is 316 g/mol. The van der Waals surface area contributed by atoms with Gasteiger partial charge in [0.05, 0.1) is 18.9 Å². The maximum absolute atomic E-state index is 12.5. The largest absolute Gasteiger partial charge is 0.497 e. The summed E-state index contributed by atoms with van der Waals surface area (Å²) in [4.78, 5) is 12.5. The zero-order valence-corrected chi connectivity index (χ0v) is 13.3. The van der Waals surface area contributed by atoms with Gasteiger partial charge in [-0.2, -0.15) is 0 Å². The number of carbonyl (C=O) groups is 1. The van der Waals surface area contributed by atoms with Crippen molar-refractivity contribution >= 4 is 5.91 Å². The molecule has 2 heterocycles. The standard InChI is InChI=1S/C17H20N2O4/c1-11-15(17(20)18-10-14-4-3-9-22-14)16(23-19-11)12-5-7-13(21-2)8-6-12/h5-8,14H,3-4,9-10H2,1-2H3,(H,18,20)/t14-/m0/s1. The minimum absolute atomic E-state index is 0.101. The van der Waals surface area contributed by atoms with Gasteiger partial charge in [-0.05, 0) is 44.0 Å². The molecule has 1 atom stereocenters. The molecule has 0 radical (unpaired) electrons. The molecule has 0 spiro atoms. The highest BCUT2D eigenvalue weighted by Crippen LogP contribution is 2.27. The Balaban J connectivity index is 1.78. The molecular formula is C17H20N2O4. The van der Waals surface area contributed by atoms with Crippen LogP contribution in [0.4, 0.5) is 0 Å². The van der Waals surface area contributed by atoms with E-state index in [1.54, 1.807) is 14.0 Å². The van der Waals surface area contributed by atoms with Gasteiger partial charge in [-0.3, -0.25) is 4.79 Å². The first-order valence-corrected chi connectivity index (χ1v) is 7.69. The fraction of sp³-hybridized carbons (Fsp3) is 0.412. The molecule has 1 aliphatic heterocycles. The molecule has 1 N–H and O–H groups in total. The monoisotopic (exact) mass is 316 g/mol. The first-order chi connectivity index (χ1) is 11.2. The quantitative estimate of drug-likeness (QED) is 0.917. The molecule has 3 rings (SSSR count). The van der Waals surface area contributed by atoms with Gasteiger partial charge in [0.15, 0.2) is 5.76 Å². The van der Waals surface area contributed by atoms with Crippen LogP contribution in [0.25, 0.3) is 11.3 Å². The Morgan fingerprint density at radius 2 is 2.17 bits per heavy atom. The van der Waals surface area contributed by atoms with Crippen LogP contribution in [0.3, 0.4) is 0 Å². The van der Waals surface area contributed by atoms with E-state index in [4.69, 9.17) is 14.0 Å². The van der Waals surface area contributed by atoms with Crippen molar-refractivity contribution in [3.63, 3.8) is 0 Å². The van der Waals surface area contributed by atoms with Gasteiger partial charge < -0.3 is 19.3 Å². The van der Waals surface area contributed by atoms with E-state index >= 15 is 0 Å². The third-order valence-corrected chi connectivity index (χ3v) is 3.96. The zero-order chi connectivity index (χ0) is 16.2. The number of nitrogens with one attached hydrogen (secondary N) is 1.